The molecule has 1 atom stereocenters. The normalized spacial score (nSPS) is 16.6. The van der Waals surface area contributed by atoms with E-state index in [9.17, 15) is 0 Å². The van der Waals surface area contributed by atoms with Crippen LogP contribution in [-0.4, -0.2) is 41.1 Å². The molecule has 0 amide bonds. The first-order chi connectivity index (χ1) is 13.7. The van der Waals surface area contributed by atoms with Gasteiger partial charge in [0.05, 0.1) is 6.54 Å². The van der Waals surface area contributed by atoms with Crippen LogP contribution in [0, 0.1) is 0 Å². The Hall–Kier alpha value is -2.13. The predicted molar refractivity (Wildman–Crippen MR) is 126 cm³/mol. The van der Waals surface area contributed by atoms with Crippen LogP contribution in [0.4, 0.5) is 0 Å². The van der Waals surface area contributed by atoms with Gasteiger partial charge in [-0.2, -0.15) is 4.98 Å². The van der Waals surface area contributed by atoms with Crippen LogP contribution in [-0.2, 0) is 6.54 Å². The molecule has 0 bridgehead atoms. The van der Waals surface area contributed by atoms with E-state index in [1.54, 1.807) is 7.05 Å². The molecule has 1 aliphatic heterocycles. The largest absolute Gasteiger partial charge is 0.347 e. The Labute approximate surface area is 192 Å². The molecule has 0 spiro atoms. The molecule has 1 aromatic heterocycles. The predicted octanol–water partition coefficient (Wildman–Crippen LogP) is 4.57. The Morgan fingerprint density at radius 2 is 1.97 bits per heavy atom. The molecule has 0 aliphatic carbocycles. The molecule has 2 heterocycles. The Kier molecular flexibility index (Phi) is 7.49. The molecule has 1 unspecified atom stereocenters. The van der Waals surface area contributed by atoms with E-state index in [1.807, 2.05) is 24.3 Å². The maximum absolute atomic E-state index is 5.92. The fourth-order valence-electron chi connectivity index (χ4n) is 3.48. The van der Waals surface area contributed by atoms with Crippen molar-refractivity contribution in [2.75, 3.05) is 20.1 Å². The third-order valence-corrected chi connectivity index (χ3v) is 5.19. The van der Waals surface area contributed by atoms with E-state index in [-0.39, 0.29) is 24.0 Å². The Bertz CT molecular complexity index is 945. The second kappa shape index (κ2) is 10.1. The number of benzene rings is 2. The summed E-state index contributed by atoms with van der Waals surface area (Å²) in [5.74, 6) is 2.45. The van der Waals surface area contributed by atoms with Gasteiger partial charge in [-0.1, -0.05) is 47.1 Å². The van der Waals surface area contributed by atoms with Crippen LogP contribution in [0.1, 0.15) is 23.8 Å². The van der Waals surface area contributed by atoms with Gasteiger partial charge in [0, 0.05) is 36.6 Å². The number of halogens is 2. The summed E-state index contributed by atoms with van der Waals surface area (Å²) < 4.78 is 5.37. The topological polar surface area (TPSA) is 66.5 Å². The van der Waals surface area contributed by atoms with Gasteiger partial charge < -0.3 is 14.7 Å². The number of hydrogen-bond acceptors (Lipinski definition) is 4. The average Bonchev–Trinajstić information content (AvgIpc) is 3.40. The minimum atomic E-state index is 0. The van der Waals surface area contributed by atoms with Crippen molar-refractivity contribution in [2.24, 2.45) is 4.99 Å². The van der Waals surface area contributed by atoms with E-state index in [4.69, 9.17) is 16.1 Å². The lowest BCUT2D eigenvalue weighted by atomic mass is 9.99. The van der Waals surface area contributed by atoms with E-state index in [1.165, 1.54) is 5.56 Å². The first-order valence-corrected chi connectivity index (χ1v) is 9.70. The van der Waals surface area contributed by atoms with Gasteiger partial charge in [-0.15, -0.1) is 24.0 Å². The number of hydrogen-bond donors (Lipinski definition) is 1. The Morgan fingerprint density at radius 3 is 2.69 bits per heavy atom. The summed E-state index contributed by atoms with van der Waals surface area (Å²) >= 11 is 5.92. The molecule has 1 N–H and O–H groups in total. The van der Waals surface area contributed by atoms with Crippen molar-refractivity contribution in [2.45, 2.75) is 18.9 Å². The van der Waals surface area contributed by atoms with Gasteiger partial charge in [-0.3, -0.25) is 4.99 Å². The van der Waals surface area contributed by atoms with Crippen molar-refractivity contribution in [1.82, 2.24) is 20.4 Å². The molecule has 1 aliphatic rings. The van der Waals surface area contributed by atoms with Crippen LogP contribution in [0.2, 0.25) is 5.02 Å². The highest BCUT2D eigenvalue weighted by Gasteiger charge is 2.26. The number of aromatic nitrogens is 2. The average molecular weight is 524 g/mol. The summed E-state index contributed by atoms with van der Waals surface area (Å²) in [6, 6.07) is 18.0. The van der Waals surface area contributed by atoms with Crippen molar-refractivity contribution in [3.63, 3.8) is 0 Å². The van der Waals surface area contributed by atoms with Crippen molar-refractivity contribution in [3.05, 3.63) is 71.1 Å². The lowest BCUT2D eigenvalue weighted by molar-refractivity contribution is 0.372. The Morgan fingerprint density at radius 1 is 1.21 bits per heavy atom. The van der Waals surface area contributed by atoms with Gasteiger partial charge in [-0.25, -0.2) is 0 Å². The van der Waals surface area contributed by atoms with Crippen molar-refractivity contribution in [3.8, 4) is 11.4 Å². The highest BCUT2D eigenvalue weighted by Crippen LogP contribution is 2.27. The highest BCUT2D eigenvalue weighted by atomic mass is 127. The quantitative estimate of drug-likeness (QED) is 0.308. The molecule has 2 aromatic carbocycles. The molecule has 3 aromatic rings. The molecule has 4 rings (SSSR count). The summed E-state index contributed by atoms with van der Waals surface area (Å²) in [6.07, 6.45) is 1.12. The minimum Gasteiger partial charge on any atom is -0.347 e. The molecule has 1 fully saturated rings. The number of guanidine groups is 1. The molecular formula is C21H23ClIN5O. The number of nitrogens with one attached hydrogen (secondary N) is 1. The van der Waals surface area contributed by atoms with Gasteiger partial charge in [0.15, 0.2) is 5.96 Å². The van der Waals surface area contributed by atoms with E-state index >= 15 is 0 Å². The number of aliphatic imine (C=N–C) groups is 1. The van der Waals surface area contributed by atoms with Gasteiger partial charge in [0.1, 0.15) is 0 Å². The second-order valence-electron chi connectivity index (χ2n) is 6.76. The number of nitrogens with zero attached hydrogens (tertiary/aromatic N) is 4. The fourth-order valence-corrected chi connectivity index (χ4v) is 3.61. The summed E-state index contributed by atoms with van der Waals surface area (Å²) in [4.78, 5) is 11.1. The standard InChI is InChI=1S/C21H22ClN5O.HI/c1-23-21(27-12-11-17(14-27)15-5-3-2-4-6-15)24-13-19-25-20(26-28-19)16-7-9-18(22)10-8-16;/h2-10,17H,11-14H2,1H3,(H,23,24);1H. The smallest absolute Gasteiger partial charge is 0.246 e. The molecule has 6 nitrogen and oxygen atoms in total. The number of likely N-dealkylation sites (tertiary alicyclic amines) is 1. The van der Waals surface area contributed by atoms with Crippen LogP contribution in [0.15, 0.2) is 64.1 Å². The van der Waals surface area contributed by atoms with E-state index in [0.717, 1.165) is 31.0 Å². The van der Waals surface area contributed by atoms with E-state index in [0.29, 0.717) is 29.2 Å². The van der Waals surface area contributed by atoms with Gasteiger partial charge in [-0.05, 0) is 36.2 Å². The first-order valence-electron chi connectivity index (χ1n) is 9.32. The molecular weight excluding hydrogens is 501 g/mol. The molecule has 8 heteroatoms. The molecule has 1 saturated heterocycles. The molecule has 0 radical (unpaired) electrons. The highest BCUT2D eigenvalue weighted by molar-refractivity contribution is 14.0. The Balaban J connectivity index is 0.00000240. The zero-order valence-corrected chi connectivity index (χ0v) is 19.2. The van der Waals surface area contributed by atoms with Crippen LogP contribution >= 0.6 is 35.6 Å². The van der Waals surface area contributed by atoms with Crippen LogP contribution in [0.3, 0.4) is 0 Å². The molecule has 29 heavy (non-hydrogen) atoms. The van der Waals surface area contributed by atoms with Gasteiger partial charge in [0.25, 0.3) is 0 Å². The van der Waals surface area contributed by atoms with Crippen molar-refractivity contribution >= 4 is 41.5 Å². The fraction of sp³-hybridized carbons (Fsp3) is 0.286. The van der Waals surface area contributed by atoms with Crippen LogP contribution in [0.5, 0.6) is 0 Å². The first kappa shape index (κ1) is 21.6. The lowest BCUT2D eigenvalue weighted by Crippen LogP contribution is -2.39. The van der Waals surface area contributed by atoms with E-state index in [2.05, 4.69) is 55.7 Å². The van der Waals surface area contributed by atoms with Crippen LogP contribution < -0.4 is 5.32 Å². The monoisotopic (exact) mass is 523 g/mol. The van der Waals surface area contributed by atoms with Crippen LogP contribution in [0.25, 0.3) is 11.4 Å². The number of rotatable bonds is 4. The lowest BCUT2D eigenvalue weighted by Gasteiger charge is -2.21. The van der Waals surface area contributed by atoms with Crippen molar-refractivity contribution in [1.29, 1.82) is 0 Å². The minimum absolute atomic E-state index is 0. The summed E-state index contributed by atoms with van der Waals surface area (Å²) in [5.41, 5.74) is 2.25. The maximum Gasteiger partial charge on any atom is 0.246 e. The summed E-state index contributed by atoms with van der Waals surface area (Å²) in [7, 11) is 1.80. The van der Waals surface area contributed by atoms with E-state index < -0.39 is 0 Å². The zero-order valence-electron chi connectivity index (χ0n) is 16.1. The maximum atomic E-state index is 5.92. The molecule has 0 saturated carbocycles. The summed E-state index contributed by atoms with van der Waals surface area (Å²) in [6.45, 7) is 2.35. The third-order valence-electron chi connectivity index (χ3n) is 4.94. The third kappa shape index (κ3) is 5.27. The molecule has 152 valence electrons. The van der Waals surface area contributed by atoms with Gasteiger partial charge in [0.2, 0.25) is 11.7 Å². The summed E-state index contributed by atoms with van der Waals surface area (Å²) in [5, 5.41) is 8.06. The zero-order chi connectivity index (χ0) is 19.3. The van der Waals surface area contributed by atoms with Crippen molar-refractivity contribution < 1.29 is 4.52 Å². The SMILES string of the molecule is CN=C(NCc1nc(-c2ccc(Cl)cc2)no1)N1CCC(c2ccccc2)C1.I. The van der Waals surface area contributed by atoms with Gasteiger partial charge >= 0.3 is 0 Å². The second-order valence-corrected chi connectivity index (χ2v) is 7.20.